The lowest BCUT2D eigenvalue weighted by molar-refractivity contribution is 0.122. The van der Waals surface area contributed by atoms with Gasteiger partial charge in [0.2, 0.25) is 5.95 Å². The van der Waals surface area contributed by atoms with E-state index in [9.17, 15) is 4.39 Å². The van der Waals surface area contributed by atoms with Crippen LogP contribution in [0.4, 0.5) is 16.2 Å². The summed E-state index contributed by atoms with van der Waals surface area (Å²) in [6.07, 6.45) is 6.23. The number of aromatic nitrogens is 4. The van der Waals surface area contributed by atoms with Gasteiger partial charge in [-0.3, -0.25) is 4.98 Å². The highest BCUT2D eigenvalue weighted by atomic mass is 19.1. The molecule has 1 aliphatic heterocycles. The van der Waals surface area contributed by atoms with Gasteiger partial charge in [0.1, 0.15) is 11.6 Å². The number of ether oxygens (including phenoxy) is 1. The molecule has 0 saturated carbocycles. The number of morpholine rings is 1. The van der Waals surface area contributed by atoms with E-state index in [1.165, 1.54) is 12.1 Å². The van der Waals surface area contributed by atoms with E-state index in [1.807, 2.05) is 36.7 Å². The maximum absolute atomic E-state index is 14.3. The van der Waals surface area contributed by atoms with E-state index in [4.69, 9.17) is 14.7 Å². The van der Waals surface area contributed by atoms with Crippen LogP contribution in [0.2, 0.25) is 0 Å². The van der Waals surface area contributed by atoms with Crippen molar-refractivity contribution in [2.24, 2.45) is 0 Å². The number of nitrogens with zero attached hydrogens (tertiary/aromatic N) is 4. The lowest BCUT2D eigenvalue weighted by Crippen LogP contribution is -2.37. The number of hydrogen-bond donors (Lipinski definition) is 2. The molecule has 5 rings (SSSR count). The van der Waals surface area contributed by atoms with Crippen molar-refractivity contribution in [3.8, 4) is 11.3 Å². The van der Waals surface area contributed by atoms with Crippen LogP contribution in [0, 0.1) is 5.82 Å². The van der Waals surface area contributed by atoms with Crippen molar-refractivity contribution in [3.63, 3.8) is 0 Å². The zero-order valence-corrected chi connectivity index (χ0v) is 17.0. The minimum absolute atomic E-state index is 0.303. The van der Waals surface area contributed by atoms with E-state index in [2.05, 4.69) is 20.2 Å². The molecule has 2 N–H and O–H groups in total. The van der Waals surface area contributed by atoms with Crippen LogP contribution in [-0.4, -0.2) is 52.8 Å². The van der Waals surface area contributed by atoms with Gasteiger partial charge in [-0.25, -0.2) is 9.37 Å². The van der Waals surface area contributed by atoms with Crippen molar-refractivity contribution in [3.05, 3.63) is 66.4 Å². The van der Waals surface area contributed by atoms with Crippen LogP contribution < -0.4 is 10.2 Å². The van der Waals surface area contributed by atoms with Gasteiger partial charge in [0.05, 0.1) is 18.9 Å². The number of aromatic amines is 1. The standard InChI is InChI=1S/C23H23FN6O/c24-17-12-19(18-4-7-26-20(18)13-17)21-14-22(30-8-10-31-11-9-30)29-23(28-21)27-6-3-16-2-1-5-25-15-16/h1-2,4-5,7,12-15,26H,3,6,8-11H2,(H,27,28,29). The van der Waals surface area contributed by atoms with Crippen molar-refractivity contribution in [2.45, 2.75) is 6.42 Å². The van der Waals surface area contributed by atoms with Gasteiger partial charge in [-0.05, 0) is 36.2 Å². The fourth-order valence-corrected chi connectivity index (χ4v) is 3.81. The molecule has 158 valence electrons. The molecule has 4 heterocycles. The molecule has 1 fully saturated rings. The summed E-state index contributed by atoms with van der Waals surface area (Å²) < 4.78 is 19.8. The van der Waals surface area contributed by atoms with Crippen molar-refractivity contribution >= 4 is 22.7 Å². The average molecular weight is 418 g/mol. The molecule has 4 aromatic rings. The Morgan fingerprint density at radius 2 is 2.03 bits per heavy atom. The molecule has 0 bridgehead atoms. The molecule has 0 unspecified atom stereocenters. The highest BCUT2D eigenvalue weighted by Crippen LogP contribution is 2.31. The molecule has 1 saturated heterocycles. The fourth-order valence-electron chi connectivity index (χ4n) is 3.81. The summed E-state index contributed by atoms with van der Waals surface area (Å²) in [5.41, 5.74) is 3.30. The zero-order chi connectivity index (χ0) is 21.0. The third-order valence-electron chi connectivity index (χ3n) is 5.38. The molecule has 0 aliphatic carbocycles. The predicted octanol–water partition coefficient (Wildman–Crippen LogP) is 3.65. The van der Waals surface area contributed by atoms with Crippen LogP contribution in [0.3, 0.4) is 0 Å². The molecular weight excluding hydrogens is 395 g/mol. The van der Waals surface area contributed by atoms with Gasteiger partial charge >= 0.3 is 0 Å². The number of anilines is 2. The van der Waals surface area contributed by atoms with Crippen molar-refractivity contribution in [1.29, 1.82) is 0 Å². The minimum Gasteiger partial charge on any atom is -0.378 e. The van der Waals surface area contributed by atoms with E-state index in [-0.39, 0.29) is 5.82 Å². The van der Waals surface area contributed by atoms with Gasteiger partial charge in [0.15, 0.2) is 0 Å². The maximum Gasteiger partial charge on any atom is 0.225 e. The first-order valence-corrected chi connectivity index (χ1v) is 10.4. The Morgan fingerprint density at radius 3 is 2.87 bits per heavy atom. The largest absolute Gasteiger partial charge is 0.378 e. The Hall–Kier alpha value is -3.52. The van der Waals surface area contributed by atoms with Crippen LogP contribution in [-0.2, 0) is 11.2 Å². The van der Waals surface area contributed by atoms with Gasteiger partial charge in [-0.15, -0.1) is 0 Å². The number of nitrogens with one attached hydrogen (secondary N) is 2. The maximum atomic E-state index is 14.3. The van der Waals surface area contributed by atoms with E-state index in [0.29, 0.717) is 31.4 Å². The van der Waals surface area contributed by atoms with Gasteiger partial charge in [-0.1, -0.05) is 6.07 Å². The lowest BCUT2D eigenvalue weighted by Gasteiger charge is -2.28. The Balaban J connectivity index is 1.49. The number of benzene rings is 1. The summed E-state index contributed by atoms with van der Waals surface area (Å²) in [5.74, 6) is 1.03. The van der Waals surface area contributed by atoms with E-state index < -0.39 is 0 Å². The number of halogens is 1. The quantitative estimate of drug-likeness (QED) is 0.498. The number of rotatable bonds is 6. The fraction of sp³-hybridized carbons (Fsp3) is 0.261. The molecule has 1 aliphatic rings. The Morgan fingerprint density at radius 1 is 1.13 bits per heavy atom. The minimum atomic E-state index is -0.303. The Bertz CT molecular complexity index is 1170. The first-order valence-electron chi connectivity index (χ1n) is 10.4. The Kier molecular flexibility index (Phi) is 5.45. The number of H-pyrrole nitrogens is 1. The SMILES string of the molecule is Fc1cc(-c2cc(N3CCOCC3)nc(NCCc3cccnc3)n2)c2cc[nH]c2c1. The molecule has 1 aromatic carbocycles. The van der Waals surface area contributed by atoms with Gasteiger partial charge in [0, 0.05) is 60.8 Å². The molecule has 0 amide bonds. The van der Waals surface area contributed by atoms with Gasteiger partial charge < -0.3 is 19.9 Å². The molecule has 0 atom stereocenters. The molecule has 7 nitrogen and oxygen atoms in total. The zero-order valence-electron chi connectivity index (χ0n) is 17.0. The van der Waals surface area contributed by atoms with Crippen molar-refractivity contribution in [2.75, 3.05) is 43.1 Å². The van der Waals surface area contributed by atoms with Crippen LogP contribution in [0.15, 0.2) is 55.0 Å². The molecule has 0 radical (unpaired) electrons. The summed E-state index contributed by atoms with van der Waals surface area (Å²) >= 11 is 0. The second kappa shape index (κ2) is 8.69. The van der Waals surface area contributed by atoms with Crippen LogP contribution in [0.1, 0.15) is 5.56 Å². The summed E-state index contributed by atoms with van der Waals surface area (Å²) in [6, 6.07) is 10.9. The first kappa shape index (κ1) is 19.4. The molecule has 31 heavy (non-hydrogen) atoms. The van der Waals surface area contributed by atoms with Crippen LogP contribution in [0.25, 0.3) is 22.2 Å². The summed E-state index contributed by atoms with van der Waals surface area (Å²) in [7, 11) is 0. The van der Waals surface area contributed by atoms with Crippen molar-refractivity contribution in [1.82, 2.24) is 19.9 Å². The molecule has 8 heteroatoms. The smallest absolute Gasteiger partial charge is 0.225 e. The molecule has 3 aromatic heterocycles. The van der Waals surface area contributed by atoms with Gasteiger partial charge in [0.25, 0.3) is 0 Å². The highest BCUT2D eigenvalue weighted by Gasteiger charge is 2.17. The normalized spacial score (nSPS) is 14.2. The van der Waals surface area contributed by atoms with E-state index in [0.717, 1.165) is 47.4 Å². The van der Waals surface area contributed by atoms with E-state index >= 15 is 0 Å². The van der Waals surface area contributed by atoms with Gasteiger partial charge in [-0.2, -0.15) is 4.98 Å². The topological polar surface area (TPSA) is 79.0 Å². The monoisotopic (exact) mass is 418 g/mol. The third-order valence-corrected chi connectivity index (χ3v) is 5.38. The number of hydrogen-bond acceptors (Lipinski definition) is 6. The second-order valence-corrected chi connectivity index (χ2v) is 7.46. The highest BCUT2D eigenvalue weighted by molar-refractivity contribution is 5.94. The van der Waals surface area contributed by atoms with Crippen LogP contribution in [0.5, 0.6) is 0 Å². The first-order chi connectivity index (χ1) is 15.3. The third kappa shape index (κ3) is 4.34. The average Bonchev–Trinajstić information content (AvgIpc) is 3.28. The lowest BCUT2D eigenvalue weighted by atomic mass is 10.1. The van der Waals surface area contributed by atoms with E-state index in [1.54, 1.807) is 6.20 Å². The Labute approximate surface area is 179 Å². The molecular formula is C23H23FN6O. The number of pyridine rings is 1. The predicted molar refractivity (Wildman–Crippen MR) is 119 cm³/mol. The van der Waals surface area contributed by atoms with Crippen LogP contribution >= 0.6 is 0 Å². The molecule has 0 spiro atoms. The van der Waals surface area contributed by atoms with Crippen molar-refractivity contribution < 1.29 is 9.13 Å². The summed E-state index contributed by atoms with van der Waals surface area (Å²) in [5, 5.41) is 4.26. The summed E-state index contributed by atoms with van der Waals surface area (Å²) in [4.78, 5) is 18.9. The summed E-state index contributed by atoms with van der Waals surface area (Å²) in [6.45, 7) is 3.50. The second-order valence-electron chi connectivity index (χ2n) is 7.46. The number of fused-ring (bicyclic) bond motifs is 1.